The molecule has 8 heterocycles. The van der Waals surface area contributed by atoms with Crippen LogP contribution in [-0.2, 0) is 84.8 Å². The number of hydrogen-bond donors (Lipinski definition) is 10. The van der Waals surface area contributed by atoms with Crippen LogP contribution in [-0.4, -0.2) is 235 Å². The number of fused-ring (bicyclic) bond motifs is 8. The Hall–Kier alpha value is -12.2. The zero-order valence-electron chi connectivity index (χ0n) is 81.4. The molecular formula is C105H141N17O15. The van der Waals surface area contributed by atoms with Crippen LogP contribution in [0, 0.1) is 17.8 Å². The van der Waals surface area contributed by atoms with Gasteiger partial charge in [-0.3, -0.25) is 82.6 Å². The van der Waals surface area contributed by atoms with Crippen LogP contribution in [0.1, 0.15) is 251 Å². The lowest BCUT2D eigenvalue weighted by atomic mass is 9.87. The topological polar surface area (TPSA) is 399 Å². The summed E-state index contributed by atoms with van der Waals surface area (Å²) >= 11 is 0. The van der Waals surface area contributed by atoms with Crippen molar-refractivity contribution in [2.24, 2.45) is 17.8 Å². The van der Waals surface area contributed by atoms with Gasteiger partial charge in [0.15, 0.2) is 0 Å². The molecule has 0 radical (unpaired) electrons. The maximum Gasteiger partial charge on any atom is 0.247 e. The highest BCUT2D eigenvalue weighted by molar-refractivity contribution is 6.07. The highest BCUT2D eigenvalue weighted by atomic mass is 16.2. The molecule has 9 unspecified atom stereocenters. The van der Waals surface area contributed by atoms with Crippen molar-refractivity contribution in [1.82, 2.24) is 76.8 Å². The Morgan fingerprint density at radius 3 is 1.08 bits per heavy atom. The first-order valence-electron chi connectivity index (χ1n) is 50.0. The Labute approximate surface area is 804 Å². The number of amides is 15. The number of nitrogens with one attached hydrogen (secondary N) is 10. The number of carbonyl (C=O) groups is 15. The van der Waals surface area contributed by atoms with Gasteiger partial charge in [-0.1, -0.05) is 163 Å². The monoisotopic (exact) mass is 1880 g/mol. The number of hydrogen-bond acceptors (Lipinski definition) is 17. The molecule has 137 heavy (non-hydrogen) atoms. The van der Waals surface area contributed by atoms with Crippen LogP contribution in [0.3, 0.4) is 0 Å². The van der Waals surface area contributed by atoms with Crippen molar-refractivity contribution < 1.29 is 71.9 Å². The standard InChI is InChI=1S/C28H35N5O5.C27H38N4O4.C25H36N4O3.C25H32N4O3/c1-17(31(4)18(2)34)26(36)30-23-13-8-16-32(19(3)35)25-15-14-24(33(25)28(23)38)27(37)29-22-12-7-10-20-9-5-6-11-21(20)22;1-4-17(2)25(33)29-22-13-8-16-30(18(3)32)24-15-14-23(31(24)27(22)35)26(34)28-21-12-7-10-19-9-5-6-11-20(19)21;2*1-3-16(2)23(30)28-20-12-7-15-26-22-14-13-21(29(22)25(20)32)24(31)27-19-11-6-9-17-8-4-5-10-18(17)19/h5-7,9-12,17,23-25H,8,13-16H2,1-4H3,(H,29,37)(H,30,36);5-6,9,11,17,21-24H,4,7-8,10,12-16H2,1-3H3,(H,28,34)(H,29,33);4-5,8,10,16,19-22,26H,3,6-7,9,11-15H2,1-2H3,(H,27,31)(H,28,30);4-6,8-11,16,20-22,26H,3,7,12-15H2,1-2H3,(H,27,31)(H,28,30)/t17-,23-,24?,25+;17-,21?,22+,23?,24?;16-,19?,20+,21?,22?;16-,20+,21?,22?/m0111/s1. The summed E-state index contributed by atoms with van der Waals surface area (Å²) in [6, 6.07) is 37.4. The molecule has 10 N–H and O–H groups in total. The minimum absolute atomic E-state index is 0.00906. The lowest BCUT2D eigenvalue weighted by Crippen LogP contribution is -2.61. The van der Waals surface area contributed by atoms with E-state index in [1.807, 2.05) is 151 Å². The molecule has 0 bridgehead atoms. The second-order valence-corrected chi connectivity index (χ2v) is 38.6. The van der Waals surface area contributed by atoms with Crippen LogP contribution in [0.15, 0.2) is 133 Å². The lowest BCUT2D eigenvalue weighted by Gasteiger charge is -2.41. The number of carbonyl (C=O) groups excluding carboxylic acids is 15. The lowest BCUT2D eigenvalue weighted by molar-refractivity contribution is -0.153. The van der Waals surface area contributed by atoms with Crippen molar-refractivity contribution in [1.29, 1.82) is 0 Å². The third-order valence-electron chi connectivity index (χ3n) is 29.7. The van der Waals surface area contributed by atoms with Gasteiger partial charge in [-0.25, -0.2) is 0 Å². The van der Waals surface area contributed by atoms with E-state index in [1.54, 1.807) is 31.4 Å². The molecule has 2 aliphatic carbocycles. The summed E-state index contributed by atoms with van der Waals surface area (Å²) in [5, 5.41) is 34.9. The zero-order valence-corrected chi connectivity index (χ0v) is 81.4. The molecule has 32 nitrogen and oxygen atoms in total. The van der Waals surface area contributed by atoms with E-state index >= 15 is 0 Å². The van der Waals surface area contributed by atoms with Crippen molar-refractivity contribution in [3.8, 4) is 0 Å². The maximum atomic E-state index is 13.9. The summed E-state index contributed by atoms with van der Waals surface area (Å²) in [5.41, 5.74) is 6.27. The van der Waals surface area contributed by atoms with Gasteiger partial charge in [-0.2, -0.15) is 0 Å². The molecule has 18 atom stereocenters. The molecule has 8 aliphatic heterocycles. The van der Waals surface area contributed by atoms with E-state index in [9.17, 15) is 71.9 Å². The fraction of sp³-hybridized carbons (Fsp3) is 0.552. The van der Waals surface area contributed by atoms with E-state index in [-0.39, 0.29) is 119 Å². The number of aryl methyl sites for hydroxylation is 2. The van der Waals surface area contributed by atoms with Gasteiger partial charge in [0.05, 0.1) is 24.4 Å². The van der Waals surface area contributed by atoms with Crippen molar-refractivity contribution in [2.45, 2.75) is 321 Å². The molecule has 8 saturated heterocycles. The Morgan fingerprint density at radius 2 is 0.686 bits per heavy atom. The molecule has 10 aliphatic rings. The summed E-state index contributed by atoms with van der Waals surface area (Å²) in [4.78, 5) is 207. The molecule has 8 fully saturated rings. The average Bonchev–Trinajstić information content (AvgIpc) is 1.64. The Bertz CT molecular complexity index is 5390. The van der Waals surface area contributed by atoms with E-state index in [2.05, 4.69) is 77.4 Å². The molecule has 32 heteroatoms. The van der Waals surface area contributed by atoms with Gasteiger partial charge in [-0.05, 0) is 226 Å². The van der Waals surface area contributed by atoms with Crippen LogP contribution in [0.4, 0.5) is 11.4 Å². The minimum atomic E-state index is -0.868. The molecule has 0 saturated carbocycles. The van der Waals surface area contributed by atoms with E-state index < -0.39 is 78.5 Å². The zero-order chi connectivity index (χ0) is 98.0. The third kappa shape index (κ3) is 24.1. The first-order valence-corrected chi connectivity index (χ1v) is 50.0. The predicted octanol–water partition coefficient (Wildman–Crippen LogP) is 10.2. The van der Waals surface area contributed by atoms with Crippen LogP contribution >= 0.6 is 0 Å². The molecular weight excluding hydrogens is 1740 g/mol. The van der Waals surface area contributed by atoms with Gasteiger partial charge < -0.3 is 76.8 Å². The van der Waals surface area contributed by atoms with Gasteiger partial charge >= 0.3 is 0 Å². The number of nitrogens with zero attached hydrogens (tertiary/aromatic N) is 7. The predicted molar refractivity (Wildman–Crippen MR) is 522 cm³/mol. The first kappa shape index (κ1) is 102. The van der Waals surface area contributed by atoms with Crippen molar-refractivity contribution >= 4 is 122 Å². The largest absolute Gasteiger partial charge is 0.347 e. The Morgan fingerprint density at radius 1 is 0.358 bits per heavy atom. The van der Waals surface area contributed by atoms with Gasteiger partial charge in [0.25, 0.3) is 0 Å². The molecule has 15 amide bonds. The molecule has 736 valence electrons. The molecule has 6 aromatic carbocycles. The summed E-state index contributed by atoms with van der Waals surface area (Å²) in [5.74, 6) is -3.56. The Balaban J connectivity index is 0.000000155. The summed E-state index contributed by atoms with van der Waals surface area (Å²) in [6.07, 6.45) is 15.9. The van der Waals surface area contributed by atoms with E-state index in [0.29, 0.717) is 109 Å². The Kier molecular flexibility index (Phi) is 35.2. The molecule has 0 aromatic heterocycles. The number of benzene rings is 6. The normalized spacial score (nSPS) is 25.5. The van der Waals surface area contributed by atoms with Crippen molar-refractivity contribution in [3.63, 3.8) is 0 Å². The van der Waals surface area contributed by atoms with Crippen LogP contribution in [0.5, 0.6) is 0 Å². The highest BCUT2D eigenvalue weighted by Crippen LogP contribution is 2.39. The summed E-state index contributed by atoms with van der Waals surface area (Å²) in [7, 11) is 1.53. The highest BCUT2D eigenvalue weighted by Gasteiger charge is 2.52. The number of anilines is 2. The second-order valence-electron chi connectivity index (χ2n) is 38.6. The van der Waals surface area contributed by atoms with E-state index in [4.69, 9.17) is 0 Å². The number of rotatable bonds is 20. The van der Waals surface area contributed by atoms with Crippen molar-refractivity contribution in [3.05, 3.63) is 156 Å². The van der Waals surface area contributed by atoms with Crippen LogP contribution in [0.25, 0.3) is 21.5 Å². The minimum Gasteiger partial charge on any atom is -0.347 e. The van der Waals surface area contributed by atoms with Gasteiger partial charge in [0.2, 0.25) is 88.6 Å². The third-order valence-corrected chi connectivity index (χ3v) is 29.7. The molecule has 0 spiro atoms. The van der Waals surface area contributed by atoms with Gasteiger partial charge in [0, 0.05) is 80.8 Å². The quantitative estimate of drug-likeness (QED) is 0.0339. The number of likely N-dealkylation sites (N-methyl/N-ethyl adjacent to an activating group) is 1. The fourth-order valence-corrected chi connectivity index (χ4v) is 21.0. The molecule has 6 aromatic rings. The smallest absolute Gasteiger partial charge is 0.247 e. The summed E-state index contributed by atoms with van der Waals surface area (Å²) < 4.78 is 0. The SMILES string of the molecule is CC(=O)N(C)[C@@H](C)C(=O)N[C@H]1CCCN(C(C)=O)[C@H]2CCC(C(=O)Nc3cccc4ccccc34)N2C1=O.CC[C@@H](C)C(=O)N[C@H]1CCCN(C(C)=O)C2CCC(C(=O)NC3CCCc4ccccc43)N2C1=O.CC[C@@H](C)C(=O)N[C@H]1CCCNC2CCC(C(=O)NC3CCCc4ccccc43)N2C1=O.CC[C@@H](C)C(=O)N[C@H]1CCCNC2CCC(C(=O)Nc3cccc4ccccc34)N2C1=O. The van der Waals surface area contributed by atoms with Gasteiger partial charge in [-0.15, -0.1) is 0 Å². The van der Waals surface area contributed by atoms with Crippen LogP contribution in [0.2, 0.25) is 0 Å². The second kappa shape index (κ2) is 47.2. The van der Waals surface area contributed by atoms with E-state index in [1.165, 1.54) is 54.3 Å². The average molecular weight is 1880 g/mol. The maximum absolute atomic E-state index is 13.9. The van der Waals surface area contributed by atoms with Gasteiger partial charge in [0.1, 0.15) is 66.7 Å². The fourth-order valence-electron chi connectivity index (χ4n) is 21.0. The summed E-state index contributed by atoms with van der Waals surface area (Å²) in [6.45, 7) is 19.8. The van der Waals surface area contributed by atoms with Crippen LogP contribution < -0.4 is 53.2 Å². The van der Waals surface area contributed by atoms with Crippen molar-refractivity contribution in [2.75, 3.05) is 43.9 Å². The van der Waals surface area contributed by atoms with E-state index in [0.717, 1.165) is 117 Å². The first-order chi connectivity index (χ1) is 65.9. The molecule has 16 rings (SSSR count).